The number of esters is 1. The smallest absolute Gasteiger partial charge is 0.355 e. The molecule has 0 aliphatic carbocycles. The second-order valence-corrected chi connectivity index (χ2v) is 21.8. The third-order valence-corrected chi connectivity index (χ3v) is 15.7. The number of nitrogens with zero attached hydrogens (tertiary/aromatic N) is 7. The summed E-state index contributed by atoms with van der Waals surface area (Å²) in [6.07, 6.45) is 3.90. The first-order valence-electron chi connectivity index (χ1n) is 25.9. The van der Waals surface area contributed by atoms with E-state index in [2.05, 4.69) is 37.6 Å². The number of carbonyl (C=O) groups is 4. The van der Waals surface area contributed by atoms with Crippen LogP contribution in [0.4, 0.5) is 10.1 Å². The van der Waals surface area contributed by atoms with E-state index in [1.165, 1.54) is 12.1 Å². The monoisotopic (exact) mass is 1010 g/mol. The number of likely N-dealkylation sites (tertiary alicyclic amines) is 1. The zero-order valence-electron chi connectivity index (χ0n) is 42.9. The highest BCUT2D eigenvalue weighted by atomic mass is 35.5. The van der Waals surface area contributed by atoms with E-state index in [0.717, 1.165) is 126 Å². The van der Waals surface area contributed by atoms with E-state index < -0.39 is 17.6 Å². The van der Waals surface area contributed by atoms with Crippen LogP contribution in [0.3, 0.4) is 0 Å². The molecule has 73 heavy (non-hydrogen) atoms. The number of imide groups is 1. The van der Waals surface area contributed by atoms with Crippen LogP contribution in [0.2, 0.25) is 5.02 Å². The summed E-state index contributed by atoms with van der Waals surface area (Å²) in [6, 6.07) is 19.7. The molecule has 1 N–H and O–H groups in total. The standard InChI is InChI=1S/C57H66ClFN8O6/c1-35-50(36(2)62(6)61-35)51-46(58)17-16-45-44(10-8-30-72-48-11-7-9-38-31-40(59)12-14-42(38)48)53(56(71)73-57(3,4)5)66(52(45)51)29-26-63-22-20-37(21-23-63)33-64-24-27-65(28-25-64)41-13-15-43-39(32-41)34-67(55(43)70)47-18-19-49(68)60-54(47)69/h7,9,11-17,31-32,37,47H,8,10,18-30,33-34H2,1-6H3,(H,60,68,69)/t47-/m0/s1. The van der Waals surface area contributed by atoms with Crippen molar-refractivity contribution in [1.82, 2.24) is 34.4 Å². The topological polar surface area (TPSA) is 134 Å². The lowest BCUT2D eigenvalue weighted by molar-refractivity contribution is -0.136. The summed E-state index contributed by atoms with van der Waals surface area (Å²) in [7, 11) is 1.94. The average Bonchev–Trinajstić information content (AvgIpc) is 3.95. The van der Waals surface area contributed by atoms with Crippen LogP contribution >= 0.6 is 11.6 Å². The number of fused-ring (bicyclic) bond motifs is 3. The summed E-state index contributed by atoms with van der Waals surface area (Å²) in [4.78, 5) is 61.4. The van der Waals surface area contributed by atoms with Crippen LogP contribution in [0.5, 0.6) is 5.75 Å². The molecule has 3 amide bonds. The van der Waals surface area contributed by atoms with Gasteiger partial charge in [-0.25, -0.2) is 9.18 Å². The minimum absolute atomic E-state index is 0.150. The largest absolute Gasteiger partial charge is 0.493 e. The maximum Gasteiger partial charge on any atom is 0.355 e. The SMILES string of the molecule is Cc1nn(C)c(C)c1-c1c(Cl)ccc2c(CCCOc3cccc4cc(F)ccc34)c(C(=O)OC(C)(C)C)n(CCN3CCC(CN4CCN(c5ccc6c(c5)CN([C@H]5CCC(=O)NC5=O)C6=O)CC4)CC3)c12. The zero-order chi connectivity index (χ0) is 51.3. The number of anilines is 1. The lowest BCUT2D eigenvalue weighted by atomic mass is 9.96. The molecule has 3 saturated heterocycles. The number of nitrogens with one attached hydrogen (secondary N) is 1. The Labute approximate surface area is 431 Å². The van der Waals surface area contributed by atoms with Crippen molar-refractivity contribution in [1.29, 1.82) is 0 Å². The molecule has 6 heterocycles. The molecule has 0 unspecified atom stereocenters. The van der Waals surface area contributed by atoms with Crippen LogP contribution in [0.25, 0.3) is 32.8 Å². The second kappa shape index (κ2) is 20.6. The van der Waals surface area contributed by atoms with Crippen molar-refractivity contribution < 1.29 is 33.0 Å². The van der Waals surface area contributed by atoms with Gasteiger partial charge in [-0.1, -0.05) is 29.8 Å². The van der Waals surface area contributed by atoms with Crippen molar-refractivity contribution in [3.63, 3.8) is 0 Å². The Morgan fingerprint density at radius 2 is 1.64 bits per heavy atom. The number of amides is 3. The van der Waals surface area contributed by atoms with Gasteiger partial charge in [-0.05, 0) is 151 Å². The van der Waals surface area contributed by atoms with Crippen molar-refractivity contribution >= 4 is 62.7 Å². The van der Waals surface area contributed by atoms with Gasteiger partial charge in [-0.3, -0.25) is 29.3 Å². The Bertz CT molecular complexity index is 3120. The molecular formula is C57H66ClFN8O6. The number of hydrogen-bond donors (Lipinski definition) is 1. The minimum atomic E-state index is -0.731. The Morgan fingerprint density at radius 3 is 2.37 bits per heavy atom. The number of hydrogen-bond acceptors (Lipinski definition) is 10. The summed E-state index contributed by atoms with van der Waals surface area (Å²) >= 11 is 7.25. The summed E-state index contributed by atoms with van der Waals surface area (Å²) in [6.45, 7) is 18.4. The molecule has 384 valence electrons. The quantitative estimate of drug-likeness (QED) is 0.0641. The van der Waals surface area contributed by atoms with Crippen molar-refractivity contribution in [2.45, 2.75) is 97.9 Å². The van der Waals surface area contributed by atoms with Gasteiger partial charge < -0.3 is 28.7 Å². The maximum atomic E-state index is 14.7. The lowest BCUT2D eigenvalue weighted by Gasteiger charge is -2.39. The van der Waals surface area contributed by atoms with E-state index in [-0.39, 0.29) is 30.0 Å². The number of aryl methyl sites for hydroxylation is 3. The highest BCUT2D eigenvalue weighted by molar-refractivity contribution is 6.35. The Balaban J connectivity index is 0.823. The van der Waals surface area contributed by atoms with Crippen LogP contribution in [0.15, 0.2) is 66.7 Å². The molecule has 4 aromatic carbocycles. The first kappa shape index (κ1) is 50.3. The van der Waals surface area contributed by atoms with E-state index in [0.29, 0.717) is 66.9 Å². The molecule has 1 atom stereocenters. The fraction of sp³-hybridized carbons (Fsp3) is 0.456. The molecule has 10 rings (SSSR count). The molecular weight excluding hydrogens is 947 g/mol. The molecule has 0 radical (unpaired) electrons. The molecule has 0 bridgehead atoms. The van der Waals surface area contributed by atoms with Gasteiger partial charge in [0.25, 0.3) is 5.91 Å². The Kier molecular flexibility index (Phi) is 14.1. The Hall–Kier alpha value is -6.29. The molecule has 0 saturated carbocycles. The van der Waals surface area contributed by atoms with Crippen LogP contribution in [0.1, 0.15) is 96.2 Å². The molecule has 0 spiro atoms. The molecule has 16 heteroatoms. The highest BCUT2D eigenvalue weighted by Crippen LogP contribution is 2.43. The van der Waals surface area contributed by atoms with Gasteiger partial charge in [0.15, 0.2) is 0 Å². The van der Waals surface area contributed by atoms with Crippen molar-refractivity contribution in [3.8, 4) is 16.9 Å². The van der Waals surface area contributed by atoms with Crippen molar-refractivity contribution in [3.05, 3.63) is 111 Å². The number of benzene rings is 4. The average molecular weight is 1010 g/mol. The summed E-state index contributed by atoms with van der Waals surface area (Å²) < 4.78 is 30.7. The fourth-order valence-corrected chi connectivity index (χ4v) is 11.9. The van der Waals surface area contributed by atoms with Crippen molar-refractivity contribution in [2.75, 3.05) is 63.9 Å². The zero-order valence-corrected chi connectivity index (χ0v) is 43.6. The number of rotatable bonds is 14. The van der Waals surface area contributed by atoms with Gasteiger partial charge in [0, 0.05) is 105 Å². The van der Waals surface area contributed by atoms with E-state index in [1.807, 2.05) is 81.9 Å². The number of piperazine rings is 1. The lowest BCUT2D eigenvalue weighted by Crippen LogP contribution is -2.52. The fourth-order valence-electron chi connectivity index (χ4n) is 11.6. The molecule has 2 aromatic heterocycles. The van der Waals surface area contributed by atoms with Crippen LogP contribution in [-0.4, -0.2) is 123 Å². The van der Waals surface area contributed by atoms with Gasteiger partial charge in [0.05, 0.1) is 22.8 Å². The molecule has 14 nitrogen and oxygen atoms in total. The summed E-state index contributed by atoms with van der Waals surface area (Å²) in [5.74, 6) is -0.244. The Morgan fingerprint density at radius 1 is 0.877 bits per heavy atom. The number of ether oxygens (including phenoxy) is 2. The molecule has 6 aromatic rings. The molecule has 3 fully saturated rings. The van der Waals surface area contributed by atoms with Gasteiger partial charge >= 0.3 is 5.97 Å². The van der Waals surface area contributed by atoms with Crippen molar-refractivity contribution in [2.24, 2.45) is 13.0 Å². The van der Waals surface area contributed by atoms with E-state index in [9.17, 15) is 23.6 Å². The van der Waals surface area contributed by atoms with Gasteiger partial charge in [-0.2, -0.15) is 5.10 Å². The maximum absolute atomic E-state index is 14.7. The first-order chi connectivity index (χ1) is 35.0. The summed E-state index contributed by atoms with van der Waals surface area (Å²) in [5.41, 5.74) is 7.90. The van der Waals surface area contributed by atoms with Crippen LogP contribution < -0.4 is 15.0 Å². The number of aromatic nitrogens is 3. The number of halogens is 2. The highest BCUT2D eigenvalue weighted by Gasteiger charge is 2.40. The van der Waals surface area contributed by atoms with E-state index in [1.54, 1.807) is 11.0 Å². The number of carbonyl (C=O) groups excluding carboxylic acids is 4. The van der Waals surface area contributed by atoms with Crippen LogP contribution in [0, 0.1) is 25.6 Å². The normalized spacial score (nSPS) is 18.3. The predicted molar refractivity (Wildman–Crippen MR) is 282 cm³/mol. The van der Waals surface area contributed by atoms with Gasteiger partial charge in [0.2, 0.25) is 11.8 Å². The van der Waals surface area contributed by atoms with Gasteiger partial charge in [-0.15, -0.1) is 0 Å². The second-order valence-electron chi connectivity index (χ2n) is 21.4. The first-order valence-corrected chi connectivity index (χ1v) is 26.2. The van der Waals surface area contributed by atoms with E-state index in [4.69, 9.17) is 26.2 Å². The minimum Gasteiger partial charge on any atom is -0.493 e. The van der Waals surface area contributed by atoms with Gasteiger partial charge in [0.1, 0.15) is 28.9 Å². The number of piperidine rings is 2. The third-order valence-electron chi connectivity index (χ3n) is 15.4. The van der Waals surface area contributed by atoms with Crippen LogP contribution in [-0.2, 0) is 40.9 Å². The predicted octanol–water partition coefficient (Wildman–Crippen LogP) is 8.87. The molecule has 4 aliphatic rings. The van der Waals surface area contributed by atoms with E-state index >= 15 is 0 Å². The summed E-state index contributed by atoms with van der Waals surface area (Å²) in [5, 5.41) is 10.3. The third kappa shape index (κ3) is 10.3. The molecule has 4 aliphatic heterocycles.